The fourth-order valence-electron chi connectivity index (χ4n) is 4.10. The number of ether oxygens (including phenoxy) is 1. The zero-order valence-electron chi connectivity index (χ0n) is 16.3. The number of carbonyl (C=O) groups is 1. The van der Waals surface area contributed by atoms with Crippen LogP contribution in [0.15, 0.2) is 61.2 Å². The van der Waals surface area contributed by atoms with Gasteiger partial charge in [-0.05, 0) is 23.3 Å². The lowest BCUT2D eigenvalue weighted by Crippen LogP contribution is -2.41. The minimum absolute atomic E-state index is 0.0481. The molecule has 1 amide bonds. The first-order valence-corrected chi connectivity index (χ1v) is 9.80. The highest BCUT2D eigenvalue weighted by molar-refractivity contribution is 6.07. The van der Waals surface area contributed by atoms with Gasteiger partial charge in [-0.25, -0.2) is 4.98 Å². The highest BCUT2D eigenvalue weighted by Crippen LogP contribution is 2.35. The van der Waals surface area contributed by atoms with Crippen LogP contribution in [0.3, 0.4) is 0 Å². The maximum absolute atomic E-state index is 13.6. The summed E-state index contributed by atoms with van der Waals surface area (Å²) in [4.78, 5) is 22.7. The van der Waals surface area contributed by atoms with E-state index >= 15 is 0 Å². The molecule has 1 fully saturated rings. The van der Waals surface area contributed by atoms with Crippen LogP contribution in [0.1, 0.15) is 16.1 Å². The van der Waals surface area contributed by atoms with Crippen molar-refractivity contribution in [1.29, 1.82) is 0 Å². The standard InChI is InChI=1S/C23H22N4O2/c1-16-22(23(28)26-9-11-29-12-10-26)20(14-27(16)21-13-24-15-25-21)19-8-4-6-17-5-2-3-7-18(17)19/h2-8,13-15H,9-12H2,1H3,(H,24,25). The van der Waals surface area contributed by atoms with Crippen LogP contribution in [-0.4, -0.2) is 51.6 Å². The molecule has 1 aliphatic rings. The predicted molar refractivity (Wildman–Crippen MR) is 112 cm³/mol. The van der Waals surface area contributed by atoms with E-state index < -0.39 is 0 Å². The molecule has 146 valence electrons. The summed E-state index contributed by atoms with van der Waals surface area (Å²) < 4.78 is 7.45. The summed E-state index contributed by atoms with van der Waals surface area (Å²) in [5, 5.41) is 2.29. The van der Waals surface area contributed by atoms with Gasteiger partial charge >= 0.3 is 0 Å². The van der Waals surface area contributed by atoms with E-state index in [0.29, 0.717) is 26.3 Å². The fourth-order valence-corrected chi connectivity index (χ4v) is 4.10. The number of amides is 1. The zero-order chi connectivity index (χ0) is 19.8. The molecule has 0 saturated carbocycles. The molecule has 0 aliphatic carbocycles. The van der Waals surface area contributed by atoms with E-state index in [2.05, 4.69) is 34.2 Å². The number of aromatic amines is 1. The van der Waals surface area contributed by atoms with Gasteiger partial charge in [0.1, 0.15) is 5.82 Å². The van der Waals surface area contributed by atoms with Crippen LogP contribution in [0, 0.1) is 6.92 Å². The number of rotatable bonds is 3. The molecule has 0 atom stereocenters. The van der Waals surface area contributed by atoms with Crippen molar-refractivity contribution in [3.63, 3.8) is 0 Å². The van der Waals surface area contributed by atoms with Crippen molar-refractivity contribution < 1.29 is 9.53 Å². The minimum Gasteiger partial charge on any atom is -0.378 e. The van der Waals surface area contributed by atoms with Gasteiger partial charge in [-0.1, -0.05) is 42.5 Å². The molecule has 1 aliphatic heterocycles. The van der Waals surface area contributed by atoms with Crippen LogP contribution < -0.4 is 0 Å². The van der Waals surface area contributed by atoms with Crippen LogP contribution in [-0.2, 0) is 4.74 Å². The van der Waals surface area contributed by atoms with Crippen LogP contribution >= 0.6 is 0 Å². The summed E-state index contributed by atoms with van der Waals surface area (Å²) >= 11 is 0. The van der Waals surface area contributed by atoms with Gasteiger partial charge < -0.3 is 19.2 Å². The highest BCUT2D eigenvalue weighted by Gasteiger charge is 2.27. The van der Waals surface area contributed by atoms with Crippen LogP contribution in [0.4, 0.5) is 0 Å². The number of imidazole rings is 1. The Morgan fingerprint density at radius 3 is 2.66 bits per heavy atom. The first-order chi connectivity index (χ1) is 14.2. The van der Waals surface area contributed by atoms with Gasteiger partial charge in [0.2, 0.25) is 0 Å². The number of aromatic nitrogens is 3. The lowest BCUT2D eigenvalue weighted by Gasteiger charge is -2.27. The lowest BCUT2D eigenvalue weighted by molar-refractivity contribution is 0.0303. The Morgan fingerprint density at radius 2 is 1.86 bits per heavy atom. The SMILES string of the molecule is Cc1c(C(=O)N2CCOCC2)c(-c2cccc3ccccc23)cn1-c1cnc[nH]1. The topological polar surface area (TPSA) is 63.1 Å². The van der Waals surface area contributed by atoms with E-state index in [0.717, 1.165) is 39.0 Å². The van der Waals surface area contributed by atoms with Crippen molar-refractivity contribution in [3.05, 3.63) is 72.4 Å². The molecule has 3 heterocycles. The van der Waals surface area contributed by atoms with Crippen molar-refractivity contribution in [2.75, 3.05) is 26.3 Å². The number of carbonyl (C=O) groups excluding carboxylic acids is 1. The molecule has 0 bridgehead atoms. The second-order valence-electron chi connectivity index (χ2n) is 7.24. The zero-order valence-corrected chi connectivity index (χ0v) is 16.3. The number of hydrogen-bond donors (Lipinski definition) is 1. The van der Waals surface area contributed by atoms with Gasteiger partial charge in [0.15, 0.2) is 0 Å². The van der Waals surface area contributed by atoms with Crippen LogP contribution in [0.5, 0.6) is 0 Å². The Kier molecular flexibility index (Phi) is 4.41. The van der Waals surface area contributed by atoms with E-state index in [4.69, 9.17) is 4.74 Å². The van der Waals surface area contributed by atoms with Crippen LogP contribution in [0.2, 0.25) is 0 Å². The quantitative estimate of drug-likeness (QED) is 0.582. The number of nitrogens with zero attached hydrogens (tertiary/aromatic N) is 3. The third-order valence-electron chi connectivity index (χ3n) is 5.59. The summed E-state index contributed by atoms with van der Waals surface area (Å²) in [7, 11) is 0. The molecule has 6 nitrogen and oxygen atoms in total. The van der Waals surface area contributed by atoms with Gasteiger partial charge in [0, 0.05) is 30.5 Å². The molecule has 29 heavy (non-hydrogen) atoms. The molecular formula is C23H22N4O2. The molecule has 0 radical (unpaired) electrons. The number of nitrogens with one attached hydrogen (secondary N) is 1. The summed E-state index contributed by atoms with van der Waals surface area (Å²) in [5.41, 5.74) is 3.62. The lowest BCUT2D eigenvalue weighted by atomic mass is 9.96. The monoisotopic (exact) mass is 386 g/mol. The van der Waals surface area contributed by atoms with E-state index in [-0.39, 0.29) is 5.91 Å². The Bertz CT molecular complexity index is 1170. The molecule has 1 N–H and O–H groups in total. The minimum atomic E-state index is 0.0481. The molecular weight excluding hydrogens is 364 g/mol. The van der Waals surface area contributed by atoms with Crippen molar-refractivity contribution in [2.24, 2.45) is 0 Å². The molecule has 1 saturated heterocycles. The largest absolute Gasteiger partial charge is 0.378 e. The maximum Gasteiger partial charge on any atom is 0.256 e. The third-order valence-corrected chi connectivity index (χ3v) is 5.59. The smallest absolute Gasteiger partial charge is 0.256 e. The molecule has 5 rings (SSSR count). The Morgan fingerprint density at radius 1 is 1.07 bits per heavy atom. The van der Waals surface area contributed by atoms with Gasteiger partial charge in [0.25, 0.3) is 5.91 Å². The normalized spacial score (nSPS) is 14.4. The fraction of sp³-hybridized carbons (Fsp3) is 0.217. The Balaban J connectivity index is 1.73. The van der Waals surface area contributed by atoms with Crippen molar-refractivity contribution in [2.45, 2.75) is 6.92 Å². The highest BCUT2D eigenvalue weighted by atomic mass is 16.5. The van der Waals surface area contributed by atoms with E-state index in [1.165, 1.54) is 0 Å². The molecule has 2 aromatic carbocycles. The van der Waals surface area contributed by atoms with Crippen molar-refractivity contribution in [1.82, 2.24) is 19.4 Å². The summed E-state index contributed by atoms with van der Waals surface area (Å²) in [6.45, 7) is 4.37. The Hall–Kier alpha value is -3.38. The van der Waals surface area contributed by atoms with Gasteiger partial charge in [0.05, 0.1) is 31.3 Å². The number of hydrogen-bond acceptors (Lipinski definition) is 3. The number of H-pyrrole nitrogens is 1. The maximum atomic E-state index is 13.6. The Labute approximate surface area is 168 Å². The predicted octanol–water partition coefficient (Wildman–Crippen LogP) is 3.80. The first kappa shape index (κ1) is 17.7. The van der Waals surface area contributed by atoms with Crippen molar-refractivity contribution in [3.8, 4) is 16.9 Å². The molecule has 6 heteroatoms. The number of morpholine rings is 1. The molecule has 4 aromatic rings. The van der Waals surface area contributed by atoms with E-state index in [1.807, 2.05) is 40.8 Å². The molecule has 2 aromatic heterocycles. The van der Waals surface area contributed by atoms with E-state index in [1.54, 1.807) is 12.5 Å². The first-order valence-electron chi connectivity index (χ1n) is 9.80. The van der Waals surface area contributed by atoms with Gasteiger partial charge in [-0.15, -0.1) is 0 Å². The average Bonchev–Trinajstić information content (AvgIpc) is 3.41. The number of fused-ring (bicyclic) bond motifs is 1. The van der Waals surface area contributed by atoms with Gasteiger partial charge in [-0.2, -0.15) is 0 Å². The van der Waals surface area contributed by atoms with Crippen molar-refractivity contribution >= 4 is 16.7 Å². The molecule has 0 spiro atoms. The van der Waals surface area contributed by atoms with Gasteiger partial charge in [-0.3, -0.25) is 4.79 Å². The van der Waals surface area contributed by atoms with E-state index in [9.17, 15) is 4.79 Å². The molecule has 0 unspecified atom stereocenters. The second kappa shape index (κ2) is 7.22. The average molecular weight is 386 g/mol. The summed E-state index contributed by atoms with van der Waals surface area (Å²) in [5.74, 6) is 0.886. The second-order valence-corrected chi connectivity index (χ2v) is 7.24. The summed E-state index contributed by atoms with van der Waals surface area (Å²) in [6, 6.07) is 14.5. The third kappa shape index (κ3) is 3.02. The summed E-state index contributed by atoms with van der Waals surface area (Å²) in [6.07, 6.45) is 5.46. The number of benzene rings is 2. The van der Waals surface area contributed by atoms with Crippen LogP contribution in [0.25, 0.3) is 27.7 Å².